The molecule has 7 heteroatoms. The molecule has 0 aliphatic carbocycles. The number of aromatic nitrogens is 3. The lowest BCUT2D eigenvalue weighted by atomic mass is 10.1. The second-order valence-electron chi connectivity index (χ2n) is 5.98. The number of fused-ring (bicyclic) bond motifs is 1. The van der Waals surface area contributed by atoms with Gasteiger partial charge >= 0.3 is 0 Å². The van der Waals surface area contributed by atoms with Crippen molar-refractivity contribution < 1.29 is 4.39 Å². The highest BCUT2D eigenvalue weighted by Crippen LogP contribution is 2.24. The molecule has 2 aromatic heterocycles. The van der Waals surface area contributed by atoms with Crippen molar-refractivity contribution in [2.24, 2.45) is 7.05 Å². The molecule has 0 N–H and O–H groups in total. The molecule has 24 heavy (non-hydrogen) atoms. The summed E-state index contributed by atoms with van der Waals surface area (Å²) in [5.74, 6) is 0.507. The van der Waals surface area contributed by atoms with E-state index in [0.717, 1.165) is 30.9 Å². The fraction of sp³-hybridized carbons (Fsp3) is 0.294. The average Bonchev–Trinajstić information content (AvgIpc) is 3.15. The molecule has 124 valence electrons. The van der Waals surface area contributed by atoms with Crippen molar-refractivity contribution in [3.05, 3.63) is 56.7 Å². The van der Waals surface area contributed by atoms with Gasteiger partial charge < -0.3 is 4.57 Å². The van der Waals surface area contributed by atoms with Crippen molar-refractivity contribution in [1.82, 2.24) is 19.2 Å². The molecule has 0 radical (unpaired) electrons. The third-order valence-corrected chi connectivity index (χ3v) is 5.87. The van der Waals surface area contributed by atoms with Gasteiger partial charge in [-0.1, -0.05) is 0 Å². The summed E-state index contributed by atoms with van der Waals surface area (Å²) in [7, 11) is 1.90. The Hall–Kier alpha value is -1.83. The maximum atomic E-state index is 13.1. The molecular weight excluding hydrogens is 343 g/mol. The maximum absolute atomic E-state index is 13.1. The molecule has 0 unspecified atom stereocenters. The van der Waals surface area contributed by atoms with Gasteiger partial charge in [0.1, 0.15) is 5.82 Å². The highest BCUT2D eigenvalue weighted by atomic mass is 32.1. The fourth-order valence-electron chi connectivity index (χ4n) is 3.05. The fourth-order valence-corrected chi connectivity index (χ4v) is 4.12. The standard InChI is InChI=1S/C17H17FN4S2/c1-20-16(12-2-4-14(18)5-3-12)19-22(17(20)23)11-21-8-6-15-13(10-21)7-9-24-15/h2-5,7,9H,6,8,10-11H2,1H3. The van der Waals surface area contributed by atoms with Gasteiger partial charge in [0.2, 0.25) is 0 Å². The number of nitrogens with zero attached hydrogens (tertiary/aromatic N) is 4. The molecule has 0 saturated carbocycles. The summed E-state index contributed by atoms with van der Waals surface area (Å²) in [4.78, 5) is 3.84. The van der Waals surface area contributed by atoms with Crippen LogP contribution in [0.25, 0.3) is 11.4 Å². The minimum absolute atomic E-state index is 0.251. The Bertz CT molecular complexity index is 923. The molecule has 0 fully saturated rings. The average molecular weight is 360 g/mol. The van der Waals surface area contributed by atoms with Crippen molar-refractivity contribution >= 4 is 23.6 Å². The maximum Gasteiger partial charge on any atom is 0.199 e. The second kappa shape index (κ2) is 6.23. The normalized spacial score (nSPS) is 14.8. The molecule has 0 bridgehead atoms. The molecule has 0 spiro atoms. The Labute approximate surface area is 148 Å². The van der Waals surface area contributed by atoms with E-state index in [1.54, 1.807) is 12.1 Å². The molecule has 1 aliphatic rings. The number of halogens is 1. The van der Waals surface area contributed by atoms with E-state index in [0.29, 0.717) is 11.4 Å². The van der Waals surface area contributed by atoms with Crippen LogP contribution < -0.4 is 0 Å². The predicted octanol–water partition coefficient (Wildman–Crippen LogP) is 3.83. The van der Waals surface area contributed by atoms with Crippen LogP contribution in [-0.2, 0) is 26.7 Å². The first kappa shape index (κ1) is 15.7. The van der Waals surface area contributed by atoms with Crippen LogP contribution in [0.1, 0.15) is 10.4 Å². The number of hydrogen-bond acceptors (Lipinski definition) is 4. The molecule has 3 aromatic rings. The molecule has 1 aliphatic heterocycles. The van der Waals surface area contributed by atoms with E-state index in [1.165, 1.54) is 22.6 Å². The van der Waals surface area contributed by atoms with Gasteiger partial charge in [0.05, 0.1) is 6.67 Å². The van der Waals surface area contributed by atoms with Crippen molar-refractivity contribution in [2.45, 2.75) is 19.6 Å². The van der Waals surface area contributed by atoms with E-state index in [-0.39, 0.29) is 5.82 Å². The van der Waals surface area contributed by atoms with Crippen LogP contribution in [0.5, 0.6) is 0 Å². The SMILES string of the molecule is Cn1c(-c2ccc(F)cc2)nn(CN2CCc3sccc3C2)c1=S. The van der Waals surface area contributed by atoms with Crippen LogP contribution in [0.3, 0.4) is 0 Å². The Morgan fingerprint density at radius 1 is 1.25 bits per heavy atom. The van der Waals surface area contributed by atoms with Gasteiger partial charge in [-0.2, -0.15) is 5.10 Å². The monoisotopic (exact) mass is 360 g/mol. The summed E-state index contributed by atoms with van der Waals surface area (Å²) in [6, 6.07) is 8.55. The van der Waals surface area contributed by atoms with Crippen molar-refractivity contribution in [3.8, 4) is 11.4 Å². The highest BCUT2D eigenvalue weighted by Gasteiger charge is 2.19. The summed E-state index contributed by atoms with van der Waals surface area (Å²) < 4.78 is 17.5. The first-order chi connectivity index (χ1) is 11.6. The predicted molar refractivity (Wildman–Crippen MR) is 95.9 cm³/mol. The topological polar surface area (TPSA) is 26.0 Å². The first-order valence-electron chi connectivity index (χ1n) is 7.79. The Morgan fingerprint density at radius 3 is 2.83 bits per heavy atom. The van der Waals surface area contributed by atoms with E-state index in [1.807, 2.05) is 27.6 Å². The second-order valence-corrected chi connectivity index (χ2v) is 7.35. The summed E-state index contributed by atoms with van der Waals surface area (Å²) in [6.45, 7) is 2.62. The molecule has 0 amide bonds. The Kier molecular flexibility index (Phi) is 4.07. The van der Waals surface area contributed by atoms with E-state index in [4.69, 9.17) is 12.2 Å². The largest absolute Gasteiger partial charge is 0.303 e. The Morgan fingerprint density at radius 2 is 2.04 bits per heavy atom. The van der Waals surface area contributed by atoms with Gasteiger partial charge in [0, 0.05) is 30.6 Å². The lowest BCUT2D eigenvalue weighted by molar-refractivity contribution is 0.189. The van der Waals surface area contributed by atoms with Gasteiger partial charge in [0.25, 0.3) is 0 Å². The van der Waals surface area contributed by atoms with Gasteiger partial charge in [0.15, 0.2) is 10.6 Å². The number of benzene rings is 1. The van der Waals surface area contributed by atoms with Crippen LogP contribution >= 0.6 is 23.6 Å². The van der Waals surface area contributed by atoms with Gasteiger partial charge in [-0.05, 0) is 59.9 Å². The molecule has 4 rings (SSSR count). The smallest absolute Gasteiger partial charge is 0.199 e. The lowest BCUT2D eigenvalue weighted by Crippen LogP contribution is -2.32. The summed E-state index contributed by atoms with van der Waals surface area (Å²) in [6.07, 6.45) is 1.08. The Balaban J connectivity index is 1.60. The third-order valence-electron chi connectivity index (χ3n) is 4.36. The van der Waals surface area contributed by atoms with Crippen LogP contribution in [0.15, 0.2) is 35.7 Å². The molecule has 1 aromatic carbocycles. The van der Waals surface area contributed by atoms with Crippen molar-refractivity contribution in [3.63, 3.8) is 0 Å². The van der Waals surface area contributed by atoms with E-state index >= 15 is 0 Å². The first-order valence-corrected chi connectivity index (χ1v) is 9.08. The summed E-state index contributed by atoms with van der Waals surface area (Å²) in [5.41, 5.74) is 2.27. The number of rotatable bonds is 3. The summed E-state index contributed by atoms with van der Waals surface area (Å²) >= 11 is 7.37. The van der Waals surface area contributed by atoms with E-state index < -0.39 is 0 Å². The van der Waals surface area contributed by atoms with Gasteiger partial charge in [-0.3, -0.25) is 4.90 Å². The molecule has 0 saturated heterocycles. The zero-order chi connectivity index (χ0) is 16.7. The highest BCUT2D eigenvalue weighted by molar-refractivity contribution is 7.71. The molecular formula is C17H17FN4S2. The summed E-state index contributed by atoms with van der Waals surface area (Å²) in [5, 5.41) is 6.82. The quantitative estimate of drug-likeness (QED) is 0.664. The number of thiophene rings is 1. The molecule has 0 atom stereocenters. The lowest BCUT2D eigenvalue weighted by Gasteiger charge is -2.26. The minimum Gasteiger partial charge on any atom is -0.303 e. The molecule has 3 heterocycles. The van der Waals surface area contributed by atoms with Crippen molar-refractivity contribution in [1.29, 1.82) is 0 Å². The van der Waals surface area contributed by atoms with Crippen molar-refractivity contribution in [2.75, 3.05) is 6.54 Å². The number of hydrogen-bond donors (Lipinski definition) is 0. The van der Waals surface area contributed by atoms with Crippen LogP contribution in [-0.4, -0.2) is 25.8 Å². The van der Waals surface area contributed by atoms with E-state index in [2.05, 4.69) is 21.4 Å². The minimum atomic E-state index is -0.251. The third kappa shape index (κ3) is 2.83. The zero-order valence-corrected chi connectivity index (χ0v) is 14.9. The zero-order valence-electron chi connectivity index (χ0n) is 13.3. The van der Waals surface area contributed by atoms with Crippen LogP contribution in [0, 0.1) is 10.6 Å². The van der Waals surface area contributed by atoms with Crippen LogP contribution in [0.2, 0.25) is 0 Å². The van der Waals surface area contributed by atoms with Gasteiger partial charge in [-0.25, -0.2) is 9.07 Å². The van der Waals surface area contributed by atoms with Crippen LogP contribution in [0.4, 0.5) is 4.39 Å². The van der Waals surface area contributed by atoms with Gasteiger partial charge in [-0.15, -0.1) is 11.3 Å². The molecule has 4 nitrogen and oxygen atoms in total. The van der Waals surface area contributed by atoms with E-state index in [9.17, 15) is 4.39 Å².